The molecule has 0 saturated heterocycles. The molecule has 0 fully saturated rings. The largest absolute Gasteiger partial charge is 0.493 e. The number of carbonyl (C=O) groups is 1. The maximum atomic E-state index is 12.4. The van der Waals surface area contributed by atoms with Crippen molar-refractivity contribution in [1.29, 1.82) is 0 Å². The minimum Gasteiger partial charge on any atom is -0.493 e. The van der Waals surface area contributed by atoms with Crippen molar-refractivity contribution in [3.8, 4) is 11.5 Å². The van der Waals surface area contributed by atoms with E-state index in [0.717, 1.165) is 10.1 Å². The summed E-state index contributed by atoms with van der Waals surface area (Å²) in [5.74, 6) is -0.141. The summed E-state index contributed by atoms with van der Waals surface area (Å²) in [7, 11) is 1.47. The Labute approximate surface area is 190 Å². The average molecular weight is 463 g/mol. The molecule has 12 heteroatoms. The number of benzene rings is 2. The van der Waals surface area contributed by atoms with Crippen LogP contribution in [0.15, 0.2) is 53.6 Å². The number of ether oxygens (including phenoxy) is 2. The molecule has 0 aliphatic rings. The van der Waals surface area contributed by atoms with E-state index in [0.29, 0.717) is 17.1 Å². The number of nitro groups is 1. The van der Waals surface area contributed by atoms with Gasteiger partial charge in [0.1, 0.15) is 12.9 Å². The number of aromatic nitrogens is 4. The minimum absolute atomic E-state index is 0.00738. The lowest BCUT2D eigenvalue weighted by atomic mass is 10.1. The van der Waals surface area contributed by atoms with Gasteiger partial charge in [-0.25, -0.2) is 14.8 Å². The van der Waals surface area contributed by atoms with Gasteiger partial charge >= 0.3 is 17.2 Å². The van der Waals surface area contributed by atoms with E-state index in [-0.39, 0.29) is 23.6 Å². The first-order valence-electron chi connectivity index (χ1n) is 9.79. The Balaban J connectivity index is 1.56. The first-order chi connectivity index (χ1) is 16.4. The predicted molar refractivity (Wildman–Crippen MR) is 120 cm³/mol. The maximum Gasteiger partial charge on any atom is 0.361 e. The second-order valence-corrected chi connectivity index (χ2v) is 6.97. The van der Waals surface area contributed by atoms with Gasteiger partial charge in [0.2, 0.25) is 0 Å². The highest BCUT2D eigenvalue weighted by atomic mass is 16.6. The molecule has 2 aromatic carbocycles. The number of aromatic amines is 1. The molecule has 4 aromatic rings. The van der Waals surface area contributed by atoms with Crippen molar-refractivity contribution in [1.82, 2.24) is 19.6 Å². The van der Waals surface area contributed by atoms with Gasteiger partial charge in [0.15, 0.2) is 17.2 Å². The Hall–Kier alpha value is -5.00. The standard InChI is InChI=1S/C22H17N5O7/c1-33-18-10-13(5-9-17(18)34-11-14-2-6-15(7-3-14)21(29)30)4-8-16-19(27(31)32)20(28)26-22(25-16)23-12-24-26/h2-10,12H,11H2,1H3,(H,29,30)(H,23,24,25). The quantitative estimate of drug-likeness (QED) is 0.295. The number of H-pyrrole nitrogens is 1. The Kier molecular flexibility index (Phi) is 6.03. The summed E-state index contributed by atoms with van der Waals surface area (Å²) >= 11 is 0. The van der Waals surface area contributed by atoms with Crippen molar-refractivity contribution in [2.45, 2.75) is 6.61 Å². The number of carboxylic acid groups (broad SMARTS) is 1. The first-order valence-corrected chi connectivity index (χ1v) is 9.79. The maximum absolute atomic E-state index is 12.4. The highest BCUT2D eigenvalue weighted by Crippen LogP contribution is 2.30. The van der Waals surface area contributed by atoms with E-state index in [1.54, 1.807) is 36.4 Å². The molecule has 172 valence electrons. The van der Waals surface area contributed by atoms with Crippen molar-refractivity contribution >= 4 is 29.6 Å². The van der Waals surface area contributed by atoms with Crippen molar-refractivity contribution in [3.05, 3.63) is 91.6 Å². The fraction of sp³-hybridized carbons (Fsp3) is 0.0909. The molecule has 2 N–H and O–H groups in total. The lowest BCUT2D eigenvalue weighted by Crippen LogP contribution is -2.20. The highest BCUT2D eigenvalue weighted by molar-refractivity contribution is 5.87. The molecular formula is C22H17N5O7. The summed E-state index contributed by atoms with van der Waals surface area (Å²) in [6.45, 7) is 0.190. The number of hydrogen-bond acceptors (Lipinski definition) is 8. The molecule has 2 heterocycles. The van der Waals surface area contributed by atoms with Crippen molar-refractivity contribution in [2.75, 3.05) is 7.11 Å². The summed E-state index contributed by atoms with van der Waals surface area (Å²) < 4.78 is 12.1. The number of nitrogens with zero attached hydrogens (tertiary/aromatic N) is 4. The molecule has 0 atom stereocenters. The number of fused-ring (bicyclic) bond motifs is 1. The van der Waals surface area contributed by atoms with Gasteiger partial charge in [0.25, 0.3) is 5.78 Å². The van der Waals surface area contributed by atoms with Gasteiger partial charge in [0.05, 0.1) is 17.6 Å². The van der Waals surface area contributed by atoms with Crippen molar-refractivity contribution in [2.24, 2.45) is 0 Å². The van der Waals surface area contributed by atoms with E-state index in [2.05, 4.69) is 15.1 Å². The van der Waals surface area contributed by atoms with Crippen LogP contribution in [0.5, 0.6) is 11.5 Å². The Bertz CT molecular complexity index is 1470. The molecule has 0 radical (unpaired) electrons. The third-order valence-corrected chi connectivity index (χ3v) is 4.83. The van der Waals surface area contributed by atoms with E-state index < -0.39 is 22.1 Å². The third kappa shape index (κ3) is 4.46. The van der Waals surface area contributed by atoms with E-state index in [1.165, 1.54) is 31.6 Å². The predicted octanol–water partition coefficient (Wildman–Crippen LogP) is 2.78. The van der Waals surface area contributed by atoms with Crippen LogP contribution in [0.1, 0.15) is 27.2 Å². The smallest absolute Gasteiger partial charge is 0.361 e. The zero-order valence-corrected chi connectivity index (χ0v) is 17.7. The molecule has 0 amide bonds. The zero-order valence-electron chi connectivity index (χ0n) is 17.7. The summed E-state index contributed by atoms with van der Waals surface area (Å²) in [6.07, 6.45) is 4.12. The number of rotatable bonds is 8. The number of hydrogen-bond donors (Lipinski definition) is 2. The Morgan fingerprint density at radius 2 is 1.97 bits per heavy atom. The third-order valence-electron chi connectivity index (χ3n) is 4.83. The molecule has 34 heavy (non-hydrogen) atoms. The van der Waals surface area contributed by atoms with E-state index in [1.807, 2.05) is 0 Å². The van der Waals surface area contributed by atoms with Gasteiger partial charge in [-0.05, 0) is 41.5 Å². The molecule has 0 aliphatic carbocycles. The van der Waals surface area contributed by atoms with Crippen LogP contribution in [-0.2, 0) is 6.61 Å². The molecular weight excluding hydrogens is 446 g/mol. The van der Waals surface area contributed by atoms with Gasteiger partial charge < -0.3 is 14.6 Å². The lowest BCUT2D eigenvalue weighted by Gasteiger charge is -2.11. The second-order valence-electron chi connectivity index (χ2n) is 6.97. The highest BCUT2D eigenvalue weighted by Gasteiger charge is 2.22. The second kappa shape index (κ2) is 9.24. The van der Waals surface area contributed by atoms with Gasteiger partial charge in [-0.2, -0.15) is 4.52 Å². The minimum atomic E-state index is -1.01. The molecule has 0 unspecified atom stereocenters. The SMILES string of the molecule is COc1cc(C=Cc2nc3nc[nH]n3c(=O)c2[N+](=O)[O-])ccc1OCc1ccc(C(=O)O)cc1. The van der Waals surface area contributed by atoms with Crippen molar-refractivity contribution < 1.29 is 24.3 Å². The van der Waals surface area contributed by atoms with Crippen molar-refractivity contribution in [3.63, 3.8) is 0 Å². The Morgan fingerprint density at radius 1 is 1.21 bits per heavy atom. The fourth-order valence-electron chi connectivity index (χ4n) is 3.14. The number of aromatic carboxylic acids is 1. The van der Waals surface area contributed by atoms with Gasteiger partial charge in [-0.3, -0.25) is 20.0 Å². The molecule has 0 spiro atoms. The lowest BCUT2D eigenvalue weighted by molar-refractivity contribution is -0.386. The summed E-state index contributed by atoms with van der Waals surface area (Å²) in [4.78, 5) is 41.9. The van der Waals surface area contributed by atoms with Crippen LogP contribution in [0.4, 0.5) is 5.69 Å². The fourth-order valence-corrected chi connectivity index (χ4v) is 3.14. The van der Waals surface area contributed by atoms with Crippen LogP contribution < -0.4 is 15.0 Å². The summed E-state index contributed by atoms with van der Waals surface area (Å²) in [5.41, 5.74) is -0.112. The van der Waals surface area contributed by atoms with Crippen LogP contribution in [0.3, 0.4) is 0 Å². The topological polar surface area (TPSA) is 162 Å². The number of methoxy groups -OCH3 is 1. The summed E-state index contributed by atoms with van der Waals surface area (Å²) in [5, 5.41) is 22.9. The summed E-state index contributed by atoms with van der Waals surface area (Å²) in [6, 6.07) is 11.3. The van der Waals surface area contributed by atoms with E-state index in [9.17, 15) is 19.7 Å². The van der Waals surface area contributed by atoms with Gasteiger partial charge in [-0.15, -0.1) is 0 Å². The normalized spacial score (nSPS) is 11.1. The number of carboxylic acids is 1. The van der Waals surface area contributed by atoms with Crippen LogP contribution in [-0.4, -0.2) is 42.7 Å². The molecule has 12 nitrogen and oxygen atoms in total. The first kappa shape index (κ1) is 22.2. The van der Waals surface area contributed by atoms with Crippen LogP contribution in [0, 0.1) is 10.1 Å². The number of nitrogens with one attached hydrogen (secondary N) is 1. The average Bonchev–Trinajstić information content (AvgIpc) is 3.30. The molecule has 0 saturated carbocycles. The molecule has 0 bridgehead atoms. The molecule has 4 rings (SSSR count). The molecule has 0 aliphatic heterocycles. The van der Waals surface area contributed by atoms with Gasteiger partial charge in [-0.1, -0.05) is 24.3 Å². The van der Waals surface area contributed by atoms with Crippen LogP contribution in [0.2, 0.25) is 0 Å². The zero-order chi connectivity index (χ0) is 24.2. The van der Waals surface area contributed by atoms with E-state index in [4.69, 9.17) is 14.6 Å². The Morgan fingerprint density at radius 3 is 2.65 bits per heavy atom. The van der Waals surface area contributed by atoms with E-state index >= 15 is 0 Å². The van der Waals surface area contributed by atoms with Gasteiger partial charge in [0, 0.05) is 0 Å². The monoisotopic (exact) mass is 463 g/mol. The molecule has 2 aromatic heterocycles. The van der Waals surface area contributed by atoms with Crippen LogP contribution in [0.25, 0.3) is 17.9 Å². The van der Waals surface area contributed by atoms with Crippen LogP contribution >= 0.6 is 0 Å².